The SMILES string of the molecule is C1=CC2C3CCC(C3)C2C1.CO. The van der Waals surface area contributed by atoms with Gasteiger partial charge in [-0.1, -0.05) is 12.2 Å². The first-order valence-corrected chi connectivity index (χ1v) is 5.06. The Bertz CT molecular complexity index is 185. The Hall–Kier alpha value is -0.300. The molecule has 3 aliphatic carbocycles. The molecule has 68 valence electrons. The van der Waals surface area contributed by atoms with Crippen molar-refractivity contribution in [2.75, 3.05) is 7.11 Å². The average Bonchev–Trinajstić information content (AvgIpc) is 2.81. The van der Waals surface area contributed by atoms with Crippen molar-refractivity contribution in [2.45, 2.75) is 25.7 Å². The highest BCUT2D eigenvalue weighted by Gasteiger charge is 2.47. The lowest BCUT2D eigenvalue weighted by Crippen LogP contribution is -2.16. The predicted octanol–water partition coefficient (Wildman–Crippen LogP) is 2.22. The Labute approximate surface area is 74.5 Å². The van der Waals surface area contributed by atoms with Gasteiger partial charge < -0.3 is 5.11 Å². The highest BCUT2D eigenvalue weighted by molar-refractivity contribution is 5.11. The predicted molar refractivity (Wildman–Crippen MR) is 49.7 cm³/mol. The molecule has 0 aliphatic heterocycles. The first-order valence-electron chi connectivity index (χ1n) is 5.06. The summed E-state index contributed by atoms with van der Waals surface area (Å²) in [6.07, 6.45) is 11.0. The number of hydrogen-bond donors (Lipinski definition) is 1. The molecule has 0 spiro atoms. The molecule has 3 rings (SSSR count). The van der Waals surface area contributed by atoms with E-state index >= 15 is 0 Å². The van der Waals surface area contributed by atoms with E-state index in [2.05, 4.69) is 12.2 Å². The van der Waals surface area contributed by atoms with Crippen LogP contribution in [0.5, 0.6) is 0 Å². The van der Waals surface area contributed by atoms with Gasteiger partial charge in [0.05, 0.1) is 0 Å². The van der Waals surface area contributed by atoms with Crippen LogP contribution < -0.4 is 0 Å². The van der Waals surface area contributed by atoms with E-state index in [1.807, 2.05) is 0 Å². The van der Waals surface area contributed by atoms with E-state index in [9.17, 15) is 0 Å². The minimum Gasteiger partial charge on any atom is -0.400 e. The Morgan fingerprint density at radius 1 is 1.17 bits per heavy atom. The largest absolute Gasteiger partial charge is 0.400 e. The minimum absolute atomic E-state index is 1.00. The summed E-state index contributed by atoms with van der Waals surface area (Å²) in [5.41, 5.74) is 0. The van der Waals surface area contributed by atoms with Gasteiger partial charge in [0.2, 0.25) is 0 Å². The molecule has 1 nitrogen and oxygen atoms in total. The van der Waals surface area contributed by atoms with Crippen LogP contribution in [0.4, 0.5) is 0 Å². The second-order valence-electron chi connectivity index (χ2n) is 4.24. The molecule has 1 heteroatoms. The molecule has 0 aromatic rings. The lowest BCUT2D eigenvalue weighted by Gasteiger charge is -2.23. The smallest absolute Gasteiger partial charge is 0.0319 e. The van der Waals surface area contributed by atoms with Gasteiger partial charge in [-0.05, 0) is 49.4 Å². The van der Waals surface area contributed by atoms with Gasteiger partial charge in [-0.2, -0.15) is 0 Å². The molecule has 2 bridgehead atoms. The Balaban J connectivity index is 0.000000264. The van der Waals surface area contributed by atoms with Crippen LogP contribution in [-0.4, -0.2) is 12.2 Å². The van der Waals surface area contributed by atoms with Gasteiger partial charge in [0.25, 0.3) is 0 Å². The standard InChI is InChI=1S/C10H14.CH4O/c1-2-9-7-4-5-8(6-7)10(9)3-1;1-2/h1-2,7-10H,3-6H2;2H,1H3. The van der Waals surface area contributed by atoms with Crippen molar-refractivity contribution >= 4 is 0 Å². The summed E-state index contributed by atoms with van der Waals surface area (Å²) in [6, 6.07) is 0. The topological polar surface area (TPSA) is 20.2 Å². The second kappa shape index (κ2) is 3.21. The number of rotatable bonds is 0. The average molecular weight is 166 g/mol. The van der Waals surface area contributed by atoms with Crippen LogP contribution in [0.3, 0.4) is 0 Å². The van der Waals surface area contributed by atoms with E-state index in [1.54, 1.807) is 12.8 Å². The van der Waals surface area contributed by atoms with Crippen molar-refractivity contribution in [3.8, 4) is 0 Å². The Morgan fingerprint density at radius 2 is 1.92 bits per heavy atom. The second-order valence-corrected chi connectivity index (χ2v) is 4.24. The summed E-state index contributed by atoms with van der Waals surface area (Å²) in [7, 11) is 1.00. The van der Waals surface area contributed by atoms with E-state index in [1.165, 1.54) is 12.8 Å². The van der Waals surface area contributed by atoms with Crippen molar-refractivity contribution in [3.63, 3.8) is 0 Å². The molecule has 2 saturated carbocycles. The summed E-state index contributed by atoms with van der Waals surface area (Å²) >= 11 is 0. The zero-order valence-corrected chi connectivity index (χ0v) is 7.74. The first-order chi connectivity index (χ1) is 5.95. The molecule has 4 atom stereocenters. The van der Waals surface area contributed by atoms with Crippen LogP contribution in [0.1, 0.15) is 25.7 Å². The van der Waals surface area contributed by atoms with Crippen LogP contribution in [0, 0.1) is 23.7 Å². The quantitative estimate of drug-likeness (QED) is 0.547. The molecular weight excluding hydrogens is 148 g/mol. The molecule has 3 aliphatic rings. The van der Waals surface area contributed by atoms with Gasteiger partial charge in [0.1, 0.15) is 0 Å². The van der Waals surface area contributed by atoms with Crippen molar-refractivity contribution in [1.82, 2.24) is 0 Å². The highest BCUT2D eigenvalue weighted by atomic mass is 16.2. The molecule has 12 heavy (non-hydrogen) atoms. The van der Waals surface area contributed by atoms with Crippen molar-refractivity contribution < 1.29 is 5.11 Å². The molecule has 0 heterocycles. The van der Waals surface area contributed by atoms with E-state index in [-0.39, 0.29) is 0 Å². The summed E-state index contributed by atoms with van der Waals surface area (Å²) in [5.74, 6) is 4.36. The molecule has 0 aromatic carbocycles. The Kier molecular flexibility index (Phi) is 2.22. The van der Waals surface area contributed by atoms with Crippen LogP contribution in [0.25, 0.3) is 0 Å². The third-order valence-electron chi connectivity index (χ3n) is 3.92. The Morgan fingerprint density at radius 3 is 2.67 bits per heavy atom. The zero-order chi connectivity index (χ0) is 8.55. The summed E-state index contributed by atoms with van der Waals surface area (Å²) in [6.45, 7) is 0. The molecule has 0 radical (unpaired) electrons. The number of fused-ring (bicyclic) bond motifs is 5. The molecule has 2 fully saturated rings. The maximum absolute atomic E-state index is 7.00. The van der Waals surface area contributed by atoms with Crippen molar-refractivity contribution in [1.29, 1.82) is 0 Å². The fraction of sp³-hybridized carbons (Fsp3) is 0.818. The van der Waals surface area contributed by atoms with Gasteiger partial charge in [0, 0.05) is 7.11 Å². The number of aliphatic hydroxyl groups excluding tert-OH is 1. The molecular formula is C11H18O. The van der Waals surface area contributed by atoms with Gasteiger partial charge in [-0.25, -0.2) is 0 Å². The van der Waals surface area contributed by atoms with Crippen LogP contribution in [-0.2, 0) is 0 Å². The number of hydrogen-bond acceptors (Lipinski definition) is 1. The van der Waals surface area contributed by atoms with E-state index in [0.717, 1.165) is 30.8 Å². The number of allylic oxidation sites excluding steroid dienone is 2. The minimum atomic E-state index is 1.00. The van der Waals surface area contributed by atoms with Crippen molar-refractivity contribution in [2.24, 2.45) is 23.7 Å². The lowest BCUT2D eigenvalue weighted by atomic mass is 9.82. The van der Waals surface area contributed by atoms with Crippen molar-refractivity contribution in [3.05, 3.63) is 12.2 Å². The highest BCUT2D eigenvalue weighted by Crippen LogP contribution is 2.56. The monoisotopic (exact) mass is 166 g/mol. The third-order valence-corrected chi connectivity index (χ3v) is 3.92. The summed E-state index contributed by atoms with van der Waals surface area (Å²) in [5, 5.41) is 7.00. The molecule has 0 saturated heterocycles. The lowest BCUT2D eigenvalue weighted by molar-refractivity contribution is 0.285. The zero-order valence-electron chi connectivity index (χ0n) is 7.74. The fourth-order valence-corrected chi connectivity index (χ4v) is 3.50. The van der Waals surface area contributed by atoms with E-state index < -0.39 is 0 Å². The van der Waals surface area contributed by atoms with Gasteiger partial charge >= 0.3 is 0 Å². The maximum Gasteiger partial charge on any atom is 0.0319 e. The molecule has 0 amide bonds. The van der Waals surface area contributed by atoms with Crippen LogP contribution in [0.2, 0.25) is 0 Å². The van der Waals surface area contributed by atoms with E-state index in [0.29, 0.717) is 0 Å². The molecule has 1 N–H and O–H groups in total. The van der Waals surface area contributed by atoms with E-state index in [4.69, 9.17) is 5.11 Å². The first kappa shape index (κ1) is 8.31. The summed E-state index contributed by atoms with van der Waals surface area (Å²) in [4.78, 5) is 0. The summed E-state index contributed by atoms with van der Waals surface area (Å²) < 4.78 is 0. The van der Waals surface area contributed by atoms with Gasteiger partial charge in [-0.15, -0.1) is 0 Å². The van der Waals surface area contributed by atoms with Gasteiger partial charge in [0.15, 0.2) is 0 Å². The van der Waals surface area contributed by atoms with Crippen LogP contribution in [0.15, 0.2) is 12.2 Å². The maximum atomic E-state index is 7.00. The van der Waals surface area contributed by atoms with Gasteiger partial charge in [-0.3, -0.25) is 0 Å². The molecule has 4 unspecified atom stereocenters. The number of aliphatic hydroxyl groups is 1. The van der Waals surface area contributed by atoms with Crippen LogP contribution >= 0.6 is 0 Å². The fourth-order valence-electron chi connectivity index (χ4n) is 3.50. The normalized spacial score (nSPS) is 47.2. The third kappa shape index (κ3) is 1.03. The molecule has 0 aromatic heterocycles.